The summed E-state index contributed by atoms with van der Waals surface area (Å²) < 4.78 is 5.16. The van der Waals surface area contributed by atoms with Crippen molar-refractivity contribution in [3.63, 3.8) is 0 Å². The lowest BCUT2D eigenvalue weighted by atomic mass is 9.71. The van der Waals surface area contributed by atoms with E-state index < -0.39 is 0 Å². The monoisotopic (exact) mass is 483 g/mol. The van der Waals surface area contributed by atoms with Crippen molar-refractivity contribution >= 4 is 5.91 Å². The number of hydrogen-bond acceptors (Lipinski definition) is 6. The number of ether oxygens (including phenoxy) is 1. The minimum absolute atomic E-state index is 0.179. The predicted octanol–water partition coefficient (Wildman–Crippen LogP) is 4.01. The van der Waals surface area contributed by atoms with E-state index in [1.165, 1.54) is 23.1 Å². The van der Waals surface area contributed by atoms with Gasteiger partial charge in [0, 0.05) is 49.2 Å². The molecule has 0 saturated carbocycles. The van der Waals surface area contributed by atoms with E-state index in [1.807, 2.05) is 24.0 Å². The molecule has 3 aliphatic rings. The molecule has 1 atom stereocenters. The van der Waals surface area contributed by atoms with Crippen molar-refractivity contribution in [2.24, 2.45) is 5.41 Å². The van der Waals surface area contributed by atoms with Crippen LogP contribution in [0.4, 0.5) is 0 Å². The average molecular weight is 484 g/mol. The van der Waals surface area contributed by atoms with Gasteiger partial charge in [0.1, 0.15) is 12.1 Å². The van der Waals surface area contributed by atoms with E-state index in [4.69, 9.17) is 4.74 Å². The van der Waals surface area contributed by atoms with Gasteiger partial charge in [-0.3, -0.25) is 14.7 Å². The second kappa shape index (κ2) is 9.28. The quantitative estimate of drug-likeness (QED) is 0.546. The molecule has 2 fully saturated rings. The number of likely N-dealkylation sites (tertiary alicyclic amines) is 2. The highest BCUT2D eigenvalue weighted by Crippen LogP contribution is 2.48. The molecule has 3 aromatic rings. The molecule has 1 aliphatic carbocycles. The molecule has 0 N–H and O–H groups in total. The van der Waals surface area contributed by atoms with E-state index in [-0.39, 0.29) is 5.91 Å². The van der Waals surface area contributed by atoms with Gasteiger partial charge in [-0.1, -0.05) is 12.1 Å². The first-order chi connectivity index (χ1) is 17.5. The van der Waals surface area contributed by atoms with Crippen molar-refractivity contribution in [2.45, 2.75) is 45.1 Å². The lowest BCUT2D eigenvalue weighted by Crippen LogP contribution is -2.61. The molecule has 1 aromatic carbocycles. The van der Waals surface area contributed by atoms with Gasteiger partial charge in [-0.15, -0.1) is 0 Å². The first kappa shape index (κ1) is 23.1. The number of benzene rings is 1. The second-order valence-electron chi connectivity index (χ2n) is 10.7. The Kier molecular flexibility index (Phi) is 5.96. The smallest absolute Gasteiger partial charge is 0.228 e. The summed E-state index contributed by atoms with van der Waals surface area (Å²) in [7, 11) is 1.62. The normalized spacial score (nSPS) is 20.7. The number of nitrogens with zero attached hydrogens (tertiary/aromatic N) is 5. The van der Waals surface area contributed by atoms with Crippen LogP contribution in [0, 0.1) is 12.3 Å². The third-order valence-corrected chi connectivity index (χ3v) is 8.35. The Morgan fingerprint density at radius 1 is 1.08 bits per heavy atom. The number of rotatable bonds is 5. The fourth-order valence-corrected chi connectivity index (χ4v) is 6.23. The zero-order chi connectivity index (χ0) is 24.7. The van der Waals surface area contributed by atoms with Crippen molar-refractivity contribution in [1.82, 2.24) is 24.8 Å². The summed E-state index contributed by atoms with van der Waals surface area (Å²) in [6.07, 6.45) is 8.19. The fraction of sp³-hybridized carbons (Fsp3) is 0.448. The molecule has 4 heterocycles. The molecule has 0 bridgehead atoms. The first-order valence-corrected chi connectivity index (χ1v) is 12.9. The standard InChI is InChI=1S/C29H33N5O2/c1-20-13-26(32-19-31-20)22-3-7-25-21(14-22)4-8-27(25)34-17-29(18-34)9-11-33(12-10-29)28(35)15-23-5-6-24(36-2)16-30-23/h3,5-7,13-14,16,19,27H,4,8-12,15,17-18H2,1-2H3/t27-/m1/s1. The predicted molar refractivity (Wildman–Crippen MR) is 138 cm³/mol. The number of methoxy groups -OCH3 is 1. The molecule has 2 saturated heterocycles. The largest absolute Gasteiger partial charge is 0.495 e. The number of carbonyl (C=O) groups is 1. The highest BCUT2D eigenvalue weighted by molar-refractivity contribution is 5.78. The molecule has 6 rings (SSSR count). The lowest BCUT2D eigenvalue weighted by Gasteiger charge is -2.56. The van der Waals surface area contributed by atoms with Crippen molar-refractivity contribution in [2.75, 3.05) is 33.3 Å². The van der Waals surface area contributed by atoms with Gasteiger partial charge in [-0.25, -0.2) is 9.97 Å². The number of aromatic nitrogens is 3. The van der Waals surface area contributed by atoms with Crippen LogP contribution in [0.2, 0.25) is 0 Å². The molecule has 2 aromatic heterocycles. The van der Waals surface area contributed by atoms with Crippen LogP contribution in [0.15, 0.2) is 48.9 Å². The Morgan fingerprint density at radius 3 is 2.64 bits per heavy atom. The third-order valence-electron chi connectivity index (χ3n) is 8.35. The Bertz CT molecular complexity index is 1260. The van der Waals surface area contributed by atoms with E-state index >= 15 is 0 Å². The SMILES string of the molecule is COc1ccc(CC(=O)N2CCC3(CC2)CN([C@@H]2CCc4cc(-c5cc(C)ncn5)ccc42)C3)nc1. The maximum atomic E-state index is 12.8. The van der Waals surface area contributed by atoms with E-state index in [0.717, 1.165) is 62.5 Å². The number of carbonyl (C=O) groups excluding carboxylic acids is 1. The third kappa shape index (κ3) is 4.37. The number of hydrogen-bond donors (Lipinski definition) is 0. The van der Waals surface area contributed by atoms with Crippen LogP contribution in [0.25, 0.3) is 11.3 Å². The number of amides is 1. The minimum Gasteiger partial charge on any atom is -0.495 e. The van der Waals surface area contributed by atoms with Crippen LogP contribution in [0.5, 0.6) is 5.75 Å². The molecule has 1 amide bonds. The van der Waals surface area contributed by atoms with Gasteiger partial charge in [0.2, 0.25) is 5.91 Å². The average Bonchev–Trinajstić information content (AvgIpc) is 3.31. The highest BCUT2D eigenvalue weighted by atomic mass is 16.5. The molecular weight excluding hydrogens is 450 g/mol. The van der Waals surface area contributed by atoms with Gasteiger partial charge in [-0.05, 0) is 73.4 Å². The van der Waals surface area contributed by atoms with E-state index in [2.05, 4.69) is 44.1 Å². The summed E-state index contributed by atoms with van der Waals surface area (Å²) in [5, 5.41) is 0. The summed E-state index contributed by atoms with van der Waals surface area (Å²) in [6, 6.07) is 13.2. The molecule has 0 unspecified atom stereocenters. The van der Waals surface area contributed by atoms with E-state index in [1.54, 1.807) is 19.6 Å². The zero-order valence-corrected chi connectivity index (χ0v) is 21.1. The minimum atomic E-state index is 0.179. The molecule has 2 aliphatic heterocycles. The van der Waals surface area contributed by atoms with Gasteiger partial charge < -0.3 is 9.64 Å². The van der Waals surface area contributed by atoms with E-state index in [0.29, 0.717) is 23.6 Å². The second-order valence-corrected chi connectivity index (χ2v) is 10.7. The summed E-state index contributed by atoms with van der Waals surface area (Å²) in [4.78, 5) is 30.6. The number of pyridine rings is 1. The number of aryl methyl sites for hydroxylation is 2. The van der Waals surface area contributed by atoms with Crippen LogP contribution in [0.3, 0.4) is 0 Å². The van der Waals surface area contributed by atoms with E-state index in [9.17, 15) is 4.79 Å². The van der Waals surface area contributed by atoms with Crippen LogP contribution >= 0.6 is 0 Å². The van der Waals surface area contributed by atoms with Crippen molar-refractivity contribution in [1.29, 1.82) is 0 Å². The Morgan fingerprint density at radius 2 is 1.92 bits per heavy atom. The van der Waals surface area contributed by atoms with Crippen LogP contribution < -0.4 is 4.74 Å². The summed E-state index contributed by atoms with van der Waals surface area (Å²) in [5.74, 6) is 0.893. The van der Waals surface area contributed by atoms with Gasteiger partial charge in [0.15, 0.2) is 0 Å². The molecule has 36 heavy (non-hydrogen) atoms. The maximum Gasteiger partial charge on any atom is 0.228 e. The van der Waals surface area contributed by atoms with Gasteiger partial charge >= 0.3 is 0 Å². The first-order valence-electron chi connectivity index (χ1n) is 12.9. The van der Waals surface area contributed by atoms with Gasteiger partial charge in [0.05, 0.1) is 25.4 Å². The van der Waals surface area contributed by atoms with Crippen molar-refractivity contribution in [3.8, 4) is 17.0 Å². The van der Waals surface area contributed by atoms with Crippen LogP contribution in [-0.2, 0) is 17.6 Å². The summed E-state index contributed by atoms with van der Waals surface area (Å²) >= 11 is 0. The van der Waals surface area contributed by atoms with Gasteiger partial charge in [-0.2, -0.15) is 0 Å². The fourth-order valence-electron chi connectivity index (χ4n) is 6.23. The maximum absolute atomic E-state index is 12.8. The van der Waals surface area contributed by atoms with Crippen LogP contribution in [0.1, 0.15) is 47.8 Å². The summed E-state index contributed by atoms with van der Waals surface area (Å²) in [5.41, 5.74) is 7.29. The molecule has 186 valence electrons. The van der Waals surface area contributed by atoms with Crippen LogP contribution in [-0.4, -0.2) is 63.9 Å². The molecule has 1 spiro atoms. The molecule has 7 heteroatoms. The molecule has 7 nitrogen and oxygen atoms in total. The Labute approximate surface area is 212 Å². The topological polar surface area (TPSA) is 71.5 Å². The Balaban J connectivity index is 1.04. The highest BCUT2D eigenvalue weighted by Gasteiger charge is 2.48. The molecule has 0 radical (unpaired) electrons. The number of piperidine rings is 1. The lowest BCUT2D eigenvalue weighted by molar-refractivity contribution is -0.136. The van der Waals surface area contributed by atoms with Gasteiger partial charge in [0.25, 0.3) is 0 Å². The zero-order valence-electron chi connectivity index (χ0n) is 21.1. The molecular formula is C29H33N5O2. The Hall–Kier alpha value is -3.32. The van der Waals surface area contributed by atoms with Crippen molar-refractivity contribution in [3.05, 3.63) is 71.4 Å². The number of fused-ring (bicyclic) bond motifs is 1. The van der Waals surface area contributed by atoms with Crippen molar-refractivity contribution < 1.29 is 9.53 Å². The summed E-state index contributed by atoms with van der Waals surface area (Å²) in [6.45, 7) is 6.00.